The number of nitrogens with zero attached hydrogens (tertiary/aromatic N) is 1. The Bertz CT molecular complexity index is 1300. The lowest BCUT2D eigenvalue weighted by Gasteiger charge is -2.26. The Kier molecular flexibility index (Phi) is 6.14. The molecule has 34 heavy (non-hydrogen) atoms. The Labute approximate surface area is 195 Å². The van der Waals surface area contributed by atoms with Crippen LogP contribution >= 0.6 is 0 Å². The Hall–Kier alpha value is -4.46. The number of nitrogens with one attached hydrogen (secondary N) is 1. The van der Waals surface area contributed by atoms with E-state index in [4.69, 9.17) is 9.52 Å². The third-order valence-electron chi connectivity index (χ3n) is 5.76. The van der Waals surface area contributed by atoms with Gasteiger partial charge < -0.3 is 9.52 Å². The number of carbonyl (C=O) groups excluding carboxylic acids is 3. The fourth-order valence-electron chi connectivity index (χ4n) is 3.58. The van der Waals surface area contributed by atoms with Gasteiger partial charge in [-0.1, -0.05) is 38.1 Å². The number of carbonyl (C=O) groups is 4. The summed E-state index contributed by atoms with van der Waals surface area (Å²) in [4.78, 5) is 49.9. The summed E-state index contributed by atoms with van der Waals surface area (Å²) in [5, 5.41) is 11.2. The SMILES string of the molecule is CCC(C)c1ccc(N2C(=O)NC(=O)/C(=C/c3ccc(-c4ccc(C(=O)O)cc4)o3)C2=O)cc1. The fraction of sp³-hybridized carbons (Fsp3) is 0.154. The van der Waals surface area contributed by atoms with E-state index >= 15 is 0 Å². The molecular formula is C26H22N2O6. The quantitative estimate of drug-likeness (QED) is 0.404. The van der Waals surface area contributed by atoms with Gasteiger partial charge in [0.15, 0.2) is 0 Å². The van der Waals surface area contributed by atoms with Crippen molar-refractivity contribution in [2.75, 3.05) is 4.90 Å². The van der Waals surface area contributed by atoms with Gasteiger partial charge in [-0.2, -0.15) is 0 Å². The van der Waals surface area contributed by atoms with E-state index in [9.17, 15) is 19.2 Å². The maximum absolute atomic E-state index is 13.1. The average Bonchev–Trinajstić information content (AvgIpc) is 3.30. The molecule has 0 aliphatic carbocycles. The van der Waals surface area contributed by atoms with Gasteiger partial charge in [-0.05, 0) is 60.4 Å². The first-order valence-electron chi connectivity index (χ1n) is 10.7. The molecule has 2 N–H and O–H groups in total. The third kappa shape index (κ3) is 4.38. The summed E-state index contributed by atoms with van der Waals surface area (Å²) < 4.78 is 5.73. The highest BCUT2D eigenvalue weighted by molar-refractivity contribution is 6.39. The molecule has 1 saturated heterocycles. The first-order chi connectivity index (χ1) is 16.3. The van der Waals surface area contributed by atoms with Crippen molar-refractivity contribution in [3.8, 4) is 11.3 Å². The highest BCUT2D eigenvalue weighted by Gasteiger charge is 2.37. The number of benzene rings is 2. The van der Waals surface area contributed by atoms with Crippen LogP contribution < -0.4 is 10.2 Å². The number of aromatic carboxylic acids is 1. The van der Waals surface area contributed by atoms with Crippen LogP contribution in [0.5, 0.6) is 0 Å². The third-order valence-corrected chi connectivity index (χ3v) is 5.76. The van der Waals surface area contributed by atoms with Crippen LogP contribution in [0, 0.1) is 0 Å². The second-order valence-corrected chi connectivity index (χ2v) is 7.94. The number of hydrogen-bond acceptors (Lipinski definition) is 5. The minimum atomic E-state index is -1.04. The first kappa shape index (κ1) is 22.7. The summed E-state index contributed by atoms with van der Waals surface area (Å²) in [5.74, 6) is -1.60. The maximum Gasteiger partial charge on any atom is 0.335 e. The molecule has 8 heteroatoms. The molecule has 0 bridgehead atoms. The number of imide groups is 2. The van der Waals surface area contributed by atoms with E-state index in [2.05, 4.69) is 19.2 Å². The second-order valence-electron chi connectivity index (χ2n) is 7.94. The van der Waals surface area contributed by atoms with Gasteiger partial charge in [0.25, 0.3) is 11.8 Å². The van der Waals surface area contributed by atoms with Gasteiger partial charge in [0, 0.05) is 5.56 Å². The molecule has 1 aromatic heterocycles. The number of urea groups is 1. The Morgan fingerprint density at radius 1 is 1.03 bits per heavy atom. The van der Waals surface area contributed by atoms with Gasteiger partial charge in [0.05, 0.1) is 11.3 Å². The molecule has 4 amide bonds. The monoisotopic (exact) mass is 458 g/mol. The van der Waals surface area contributed by atoms with E-state index in [0.29, 0.717) is 22.9 Å². The van der Waals surface area contributed by atoms with Gasteiger partial charge in [-0.3, -0.25) is 14.9 Å². The van der Waals surface area contributed by atoms with Gasteiger partial charge >= 0.3 is 12.0 Å². The van der Waals surface area contributed by atoms with Gasteiger partial charge in [0.2, 0.25) is 0 Å². The van der Waals surface area contributed by atoms with Gasteiger partial charge in [-0.25, -0.2) is 14.5 Å². The van der Waals surface area contributed by atoms with Gasteiger partial charge in [0.1, 0.15) is 17.1 Å². The minimum Gasteiger partial charge on any atom is -0.478 e. The van der Waals surface area contributed by atoms with Crippen molar-refractivity contribution in [1.29, 1.82) is 0 Å². The standard InChI is InChI=1S/C26H22N2O6/c1-3-15(2)16-8-10-19(11-9-16)28-24(30)21(23(29)27-26(28)33)14-20-12-13-22(34-20)17-4-6-18(7-5-17)25(31)32/h4-15H,3H2,1-2H3,(H,31,32)(H,27,29,33)/b21-14-. The number of hydrogen-bond donors (Lipinski definition) is 2. The lowest BCUT2D eigenvalue weighted by molar-refractivity contribution is -0.122. The summed E-state index contributed by atoms with van der Waals surface area (Å²) in [6, 6.07) is 15.6. The number of barbiturate groups is 1. The van der Waals surface area contributed by atoms with E-state index in [0.717, 1.165) is 16.9 Å². The fourth-order valence-corrected chi connectivity index (χ4v) is 3.58. The topological polar surface area (TPSA) is 117 Å². The van der Waals surface area contributed by atoms with Crippen LogP contribution in [-0.2, 0) is 9.59 Å². The van der Waals surface area contributed by atoms with Crippen molar-refractivity contribution in [3.05, 3.63) is 83.1 Å². The predicted octanol–water partition coefficient (Wildman–Crippen LogP) is 4.82. The van der Waals surface area contributed by atoms with E-state index < -0.39 is 23.8 Å². The molecule has 3 aromatic rings. The highest BCUT2D eigenvalue weighted by Crippen LogP contribution is 2.27. The molecule has 172 valence electrons. The molecule has 0 spiro atoms. The van der Waals surface area contributed by atoms with Gasteiger partial charge in [-0.15, -0.1) is 0 Å². The molecular weight excluding hydrogens is 436 g/mol. The lowest BCUT2D eigenvalue weighted by atomic mass is 9.98. The first-order valence-corrected chi connectivity index (χ1v) is 10.7. The Morgan fingerprint density at radius 3 is 2.32 bits per heavy atom. The molecule has 2 aromatic carbocycles. The molecule has 8 nitrogen and oxygen atoms in total. The van der Waals surface area contributed by atoms with E-state index in [1.807, 2.05) is 12.1 Å². The summed E-state index contributed by atoms with van der Waals surface area (Å²) in [6.07, 6.45) is 2.23. The van der Waals surface area contributed by atoms with Crippen LogP contribution in [0.15, 0.2) is 70.7 Å². The van der Waals surface area contributed by atoms with Crippen LogP contribution in [-0.4, -0.2) is 28.9 Å². The minimum absolute atomic E-state index is 0.143. The maximum atomic E-state index is 13.1. The van der Waals surface area contributed by atoms with Crippen molar-refractivity contribution in [3.63, 3.8) is 0 Å². The van der Waals surface area contributed by atoms with Crippen LogP contribution in [0.4, 0.5) is 10.5 Å². The zero-order valence-corrected chi connectivity index (χ0v) is 18.6. The number of carboxylic acids is 1. The number of anilines is 1. The van der Waals surface area contributed by atoms with Crippen LogP contribution in [0.25, 0.3) is 17.4 Å². The second kappa shape index (κ2) is 9.19. The van der Waals surface area contributed by atoms with Crippen LogP contribution in [0.1, 0.15) is 47.9 Å². The molecule has 2 heterocycles. The average molecular weight is 458 g/mol. The van der Waals surface area contributed by atoms with Crippen molar-refractivity contribution >= 4 is 35.6 Å². The normalized spacial score (nSPS) is 16.0. The van der Waals surface area contributed by atoms with Crippen LogP contribution in [0.3, 0.4) is 0 Å². The number of amides is 4. The molecule has 4 rings (SSSR count). The largest absolute Gasteiger partial charge is 0.478 e. The van der Waals surface area contributed by atoms with E-state index in [1.165, 1.54) is 18.2 Å². The summed E-state index contributed by atoms with van der Waals surface area (Å²) in [5.41, 5.74) is 1.97. The smallest absolute Gasteiger partial charge is 0.335 e. The molecule has 1 aliphatic heterocycles. The zero-order chi connectivity index (χ0) is 24.4. The summed E-state index contributed by atoms with van der Waals surface area (Å²) >= 11 is 0. The molecule has 0 radical (unpaired) electrons. The molecule has 1 fully saturated rings. The lowest BCUT2D eigenvalue weighted by Crippen LogP contribution is -2.54. The number of rotatable bonds is 6. The zero-order valence-electron chi connectivity index (χ0n) is 18.6. The summed E-state index contributed by atoms with van der Waals surface area (Å²) in [6.45, 7) is 4.17. The van der Waals surface area contributed by atoms with Crippen molar-refractivity contribution in [1.82, 2.24) is 5.32 Å². The van der Waals surface area contributed by atoms with E-state index in [1.54, 1.807) is 36.4 Å². The highest BCUT2D eigenvalue weighted by atomic mass is 16.4. The van der Waals surface area contributed by atoms with Crippen molar-refractivity contribution in [2.24, 2.45) is 0 Å². The van der Waals surface area contributed by atoms with Crippen molar-refractivity contribution in [2.45, 2.75) is 26.2 Å². The molecule has 0 saturated carbocycles. The predicted molar refractivity (Wildman–Crippen MR) is 125 cm³/mol. The molecule has 1 aliphatic rings. The van der Waals surface area contributed by atoms with E-state index in [-0.39, 0.29) is 16.9 Å². The molecule has 1 atom stereocenters. The Balaban J connectivity index is 1.60. The Morgan fingerprint density at radius 2 is 1.71 bits per heavy atom. The number of furan rings is 1. The molecule has 1 unspecified atom stereocenters. The summed E-state index contributed by atoms with van der Waals surface area (Å²) in [7, 11) is 0. The van der Waals surface area contributed by atoms with Crippen molar-refractivity contribution < 1.29 is 28.7 Å². The number of carboxylic acid groups (broad SMARTS) is 1. The van der Waals surface area contributed by atoms with Crippen LogP contribution in [0.2, 0.25) is 0 Å².